The summed E-state index contributed by atoms with van der Waals surface area (Å²) < 4.78 is 0.834. The molecule has 0 atom stereocenters. The molecule has 0 aliphatic carbocycles. The molecular formula is C14H15BrN2O. The van der Waals surface area contributed by atoms with E-state index in [4.69, 9.17) is 0 Å². The number of pyridine rings is 1. The van der Waals surface area contributed by atoms with Gasteiger partial charge in [0.15, 0.2) is 0 Å². The van der Waals surface area contributed by atoms with Crippen molar-refractivity contribution in [2.75, 3.05) is 5.32 Å². The Morgan fingerprint density at radius 2 is 2.00 bits per heavy atom. The molecule has 1 aromatic carbocycles. The van der Waals surface area contributed by atoms with Crippen LogP contribution in [0.4, 0.5) is 5.69 Å². The summed E-state index contributed by atoms with van der Waals surface area (Å²) in [6, 6.07) is 9.55. The number of aromatic nitrogens is 1. The Morgan fingerprint density at radius 1 is 1.22 bits per heavy atom. The zero-order valence-electron chi connectivity index (χ0n) is 10.4. The van der Waals surface area contributed by atoms with Gasteiger partial charge in [-0.1, -0.05) is 6.07 Å². The van der Waals surface area contributed by atoms with E-state index in [1.54, 1.807) is 6.07 Å². The first kappa shape index (κ1) is 12.9. The second kappa shape index (κ2) is 5.40. The van der Waals surface area contributed by atoms with Crippen LogP contribution in [0.5, 0.6) is 5.75 Å². The Kier molecular flexibility index (Phi) is 3.87. The summed E-state index contributed by atoms with van der Waals surface area (Å²) >= 11 is 3.35. The molecule has 0 aliphatic heterocycles. The molecule has 94 valence electrons. The number of nitrogens with one attached hydrogen (secondary N) is 1. The normalized spacial score (nSPS) is 10.4. The van der Waals surface area contributed by atoms with E-state index in [-0.39, 0.29) is 0 Å². The summed E-state index contributed by atoms with van der Waals surface area (Å²) in [5, 5.41) is 12.9. The molecule has 2 rings (SSSR count). The molecule has 0 amide bonds. The second-order valence-corrected chi connectivity index (χ2v) is 5.07. The maximum Gasteiger partial charge on any atom is 0.118 e. The van der Waals surface area contributed by atoms with Crippen molar-refractivity contribution in [1.82, 2.24) is 4.98 Å². The van der Waals surface area contributed by atoms with Crippen molar-refractivity contribution in [3.63, 3.8) is 0 Å². The van der Waals surface area contributed by atoms with Crippen molar-refractivity contribution in [2.24, 2.45) is 0 Å². The highest BCUT2D eigenvalue weighted by Crippen LogP contribution is 2.25. The van der Waals surface area contributed by atoms with E-state index in [1.165, 1.54) is 0 Å². The largest absolute Gasteiger partial charge is 0.508 e. The Balaban J connectivity index is 2.13. The molecule has 3 nitrogen and oxygen atoms in total. The number of anilines is 1. The monoisotopic (exact) mass is 306 g/mol. The molecule has 4 heteroatoms. The molecule has 2 aromatic rings. The van der Waals surface area contributed by atoms with Crippen LogP contribution in [0, 0.1) is 13.8 Å². The van der Waals surface area contributed by atoms with Crippen molar-refractivity contribution in [2.45, 2.75) is 20.4 Å². The molecule has 0 fully saturated rings. The van der Waals surface area contributed by atoms with E-state index in [1.807, 2.05) is 38.1 Å². The lowest BCUT2D eigenvalue weighted by atomic mass is 10.1. The van der Waals surface area contributed by atoms with Crippen molar-refractivity contribution in [1.29, 1.82) is 0 Å². The number of rotatable bonds is 3. The molecule has 0 saturated heterocycles. The first-order valence-corrected chi connectivity index (χ1v) is 6.51. The van der Waals surface area contributed by atoms with Gasteiger partial charge in [0.05, 0.1) is 12.2 Å². The van der Waals surface area contributed by atoms with Gasteiger partial charge in [0.25, 0.3) is 0 Å². The highest BCUT2D eigenvalue weighted by atomic mass is 79.9. The Labute approximate surface area is 115 Å². The number of hydrogen-bond acceptors (Lipinski definition) is 3. The number of benzene rings is 1. The molecule has 0 radical (unpaired) electrons. The predicted octanol–water partition coefficient (Wildman–Crippen LogP) is 3.78. The van der Waals surface area contributed by atoms with E-state index >= 15 is 0 Å². The number of halogens is 1. The van der Waals surface area contributed by atoms with Gasteiger partial charge < -0.3 is 10.4 Å². The van der Waals surface area contributed by atoms with Crippen LogP contribution >= 0.6 is 15.9 Å². The predicted molar refractivity (Wildman–Crippen MR) is 76.8 cm³/mol. The van der Waals surface area contributed by atoms with Crippen molar-refractivity contribution < 1.29 is 5.11 Å². The maximum atomic E-state index is 9.60. The Bertz CT molecular complexity index is 570. The standard InChI is InChI=1S/C14H15BrN2O/c1-9-7-13(18)10(2)6-12(9)16-8-11-4-3-5-14(15)17-11/h3-7,16,18H,8H2,1-2H3. The second-order valence-electron chi connectivity index (χ2n) is 4.26. The van der Waals surface area contributed by atoms with Gasteiger partial charge in [0.2, 0.25) is 0 Å². The number of aromatic hydroxyl groups is 1. The molecule has 2 N–H and O–H groups in total. The topological polar surface area (TPSA) is 45.2 Å². The first-order chi connectivity index (χ1) is 8.56. The van der Waals surface area contributed by atoms with E-state index in [0.29, 0.717) is 12.3 Å². The van der Waals surface area contributed by atoms with E-state index in [9.17, 15) is 5.11 Å². The summed E-state index contributed by atoms with van der Waals surface area (Å²) in [6.07, 6.45) is 0. The molecule has 0 unspecified atom stereocenters. The van der Waals surface area contributed by atoms with Crippen LogP contribution in [0.2, 0.25) is 0 Å². The van der Waals surface area contributed by atoms with Crippen LogP contribution in [0.25, 0.3) is 0 Å². The van der Waals surface area contributed by atoms with Crippen LogP contribution in [0.3, 0.4) is 0 Å². The molecule has 0 aliphatic rings. The van der Waals surface area contributed by atoms with Crippen molar-refractivity contribution in [3.8, 4) is 5.75 Å². The SMILES string of the molecule is Cc1cc(NCc2cccc(Br)n2)c(C)cc1O. The van der Waals surface area contributed by atoms with E-state index in [0.717, 1.165) is 27.1 Å². The zero-order chi connectivity index (χ0) is 13.1. The molecular weight excluding hydrogens is 292 g/mol. The smallest absolute Gasteiger partial charge is 0.118 e. The number of nitrogens with zero attached hydrogens (tertiary/aromatic N) is 1. The van der Waals surface area contributed by atoms with Crippen LogP contribution in [0.1, 0.15) is 16.8 Å². The Hall–Kier alpha value is -1.55. The fourth-order valence-corrected chi connectivity index (χ4v) is 2.11. The highest BCUT2D eigenvalue weighted by Gasteiger charge is 2.03. The van der Waals surface area contributed by atoms with Gasteiger partial charge in [-0.05, 0) is 65.2 Å². The third-order valence-corrected chi connectivity index (χ3v) is 3.22. The fourth-order valence-electron chi connectivity index (χ4n) is 1.73. The van der Waals surface area contributed by atoms with Gasteiger partial charge in [-0.15, -0.1) is 0 Å². The minimum absolute atomic E-state index is 0.332. The van der Waals surface area contributed by atoms with E-state index in [2.05, 4.69) is 26.2 Å². The van der Waals surface area contributed by atoms with Crippen LogP contribution in [0.15, 0.2) is 34.9 Å². The third-order valence-electron chi connectivity index (χ3n) is 2.78. The summed E-state index contributed by atoms with van der Waals surface area (Å²) in [5.41, 5.74) is 3.87. The number of phenols is 1. The summed E-state index contributed by atoms with van der Waals surface area (Å²) in [4.78, 5) is 4.36. The molecule has 0 spiro atoms. The van der Waals surface area contributed by atoms with Gasteiger partial charge in [-0.2, -0.15) is 0 Å². The number of hydrogen-bond donors (Lipinski definition) is 2. The van der Waals surface area contributed by atoms with Gasteiger partial charge in [-0.3, -0.25) is 0 Å². The molecule has 1 aromatic heterocycles. The molecule has 18 heavy (non-hydrogen) atoms. The lowest BCUT2D eigenvalue weighted by Crippen LogP contribution is -2.03. The van der Waals surface area contributed by atoms with Crippen LogP contribution in [-0.2, 0) is 6.54 Å². The maximum absolute atomic E-state index is 9.60. The number of aryl methyl sites for hydroxylation is 2. The highest BCUT2D eigenvalue weighted by molar-refractivity contribution is 9.10. The molecule has 0 saturated carbocycles. The van der Waals surface area contributed by atoms with Gasteiger partial charge >= 0.3 is 0 Å². The fraction of sp³-hybridized carbons (Fsp3) is 0.214. The first-order valence-electron chi connectivity index (χ1n) is 5.72. The van der Waals surface area contributed by atoms with Gasteiger partial charge in [-0.25, -0.2) is 4.98 Å². The zero-order valence-corrected chi connectivity index (χ0v) is 12.0. The molecule has 1 heterocycles. The van der Waals surface area contributed by atoms with Gasteiger partial charge in [0.1, 0.15) is 10.4 Å². The average Bonchev–Trinajstić information content (AvgIpc) is 2.32. The summed E-state index contributed by atoms with van der Waals surface area (Å²) in [6.45, 7) is 4.51. The quantitative estimate of drug-likeness (QED) is 0.670. The summed E-state index contributed by atoms with van der Waals surface area (Å²) in [5.74, 6) is 0.332. The third kappa shape index (κ3) is 3.01. The van der Waals surface area contributed by atoms with Crippen molar-refractivity contribution >= 4 is 21.6 Å². The van der Waals surface area contributed by atoms with Crippen LogP contribution in [-0.4, -0.2) is 10.1 Å². The number of phenolic OH excluding ortho intramolecular Hbond substituents is 1. The van der Waals surface area contributed by atoms with Crippen LogP contribution < -0.4 is 5.32 Å². The van der Waals surface area contributed by atoms with E-state index < -0.39 is 0 Å². The van der Waals surface area contributed by atoms with Crippen molar-refractivity contribution in [3.05, 3.63) is 51.8 Å². The van der Waals surface area contributed by atoms with Gasteiger partial charge in [0, 0.05) is 5.69 Å². The average molecular weight is 307 g/mol. The molecule has 0 bridgehead atoms. The minimum atomic E-state index is 0.332. The lowest BCUT2D eigenvalue weighted by Gasteiger charge is -2.11. The summed E-state index contributed by atoms with van der Waals surface area (Å²) in [7, 11) is 0. The lowest BCUT2D eigenvalue weighted by molar-refractivity contribution is 0.471. The Morgan fingerprint density at radius 3 is 2.72 bits per heavy atom. The minimum Gasteiger partial charge on any atom is -0.508 e.